The van der Waals surface area contributed by atoms with Crippen molar-refractivity contribution in [3.05, 3.63) is 38.9 Å². The van der Waals surface area contributed by atoms with E-state index in [-0.39, 0.29) is 29.8 Å². The highest BCUT2D eigenvalue weighted by Gasteiger charge is 2.31. The molecule has 1 saturated heterocycles. The van der Waals surface area contributed by atoms with Gasteiger partial charge in [0.15, 0.2) is 11.4 Å². The Bertz CT molecular complexity index is 1280. The highest BCUT2D eigenvalue weighted by atomic mass is 16.2. The summed E-state index contributed by atoms with van der Waals surface area (Å²) in [6, 6.07) is -0.0309. The van der Waals surface area contributed by atoms with E-state index >= 15 is 0 Å². The number of nitrogens with one attached hydrogen (secondary N) is 1. The Hall–Kier alpha value is -3.54. The van der Waals surface area contributed by atoms with Crippen molar-refractivity contribution in [2.24, 2.45) is 7.05 Å². The average molecular weight is 425 g/mol. The molecule has 1 aliphatic carbocycles. The van der Waals surface area contributed by atoms with Crippen LogP contribution in [-0.4, -0.2) is 72.7 Å². The summed E-state index contributed by atoms with van der Waals surface area (Å²) in [6.07, 6.45) is 4.92. The summed E-state index contributed by atoms with van der Waals surface area (Å²) in [5.74, 6) is 0.416. The third-order valence-electron chi connectivity index (χ3n) is 5.92. The summed E-state index contributed by atoms with van der Waals surface area (Å²) in [7, 11) is 1.84. The van der Waals surface area contributed by atoms with E-state index in [1.54, 1.807) is 10.9 Å². The number of H-pyrrole nitrogens is 1. The fraction of sp³-hybridized carbons (Fsp3) is 0.474. The van der Waals surface area contributed by atoms with Gasteiger partial charge in [-0.05, 0) is 12.8 Å². The molecule has 2 fully saturated rings. The van der Waals surface area contributed by atoms with Crippen molar-refractivity contribution in [1.82, 2.24) is 34.2 Å². The van der Waals surface area contributed by atoms with Gasteiger partial charge in [-0.3, -0.25) is 28.7 Å². The summed E-state index contributed by atoms with van der Waals surface area (Å²) in [6.45, 7) is 2.65. The molecule has 0 radical (unpaired) electrons. The molecule has 0 unspecified atom stereocenters. The molecule has 3 aromatic rings. The number of hydrogen-bond acceptors (Lipinski definition) is 9. The zero-order valence-corrected chi connectivity index (χ0v) is 17.1. The number of fused-ring (bicyclic) bond motifs is 1. The topological polar surface area (TPSA) is 148 Å². The summed E-state index contributed by atoms with van der Waals surface area (Å²) in [5.41, 5.74) is 5.43. The molecule has 12 heteroatoms. The molecule has 0 atom stereocenters. The van der Waals surface area contributed by atoms with Gasteiger partial charge in [-0.15, -0.1) is 0 Å². The summed E-state index contributed by atoms with van der Waals surface area (Å²) in [5, 5.41) is 5.13. The summed E-state index contributed by atoms with van der Waals surface area (Å²) >= 11 is 0. The van der Waals surface area contributed by atoms with Crippen LogP contribution in [0.3, 0.4) is 0 Å². The number of aryl methyl sites for hydroxylation is 1. The first-order chi connectivity index (χ1) is 14.9. The maximum absolute atomic E-state index is 12.9. The zero-order chi connectivity index (χ0) is 21.7. The molecule has 3 aromatic heterocycles. The lowest BCUT2D eigenvalue weighted by atomic mass is 10.1. The van der Waals surface area contributed by atoms with Crippen LogP contribution in [0.5, 0.6) is 0 Å². The minimum Gasteiger partial charge on any atom is -0.384 e. The van der Waals surface area contributed by atoms with E-state index in [2.05, 4.69) is 25.0 Å². The summed E-state index contributed by atoms with van der Waals surface area (Å²) < 4.78 is 3.04. The Morgan fingerprint density at radius 1 is 1.19 bits per heavy atom. The van der Waals surface area contributed by atoms with Gasteiger partial charge in [0.2, 0.25) is 0 Å². The van der Waals surface area contributed by atoms with E-state index in [0.717, 1.165) is 29.7 Å². The molecule has 0 spiro atoms. The van der Waals surface area contributed by atoms with Gasteiger partial charge in [0.1, 0.15) is 23.5 Å². The second-order valence-electron chi connectivity index (χ2n) is 8.01. The largest absolute Gasteiger partial charge is 0.384 e. The van der Waals surface area contributed by atoms with Gasteiger partial charge in [0, 0.05) is 39.3 Å². The first kappa shape index (κ1) is 19.4. The first-order valence-electron chi connectivity index (χ1n) is 10.2. The van der Waals surface area contributed by atoms with Gasteiger partial charge in [0.25, 0.3) is 5.56 Å². The molecule has 1 aliphatic heterocycles. The lowest BCUT2D eigenvalue weighted by Gasteiger charge is -2.35. The van der Waals surface area contributed by atoms with Crippen molar-refractivity contribution in [2.75, 3.05) is 43.4 Å². The van der Waals surface area contributed by atoms with Crippen LogP contribution in [0.2, 0.25) is 0 Å². The van der Waals surface area contributed by atoms with Crippen molar-refractivity contribution in [2.45, 2.75) is 18.9 Å². The number of aromatic nitrogens is 6. The lowest BCUT2D eigenvalue weighted by Crippen LogP contribution is -2.49. The lowest BCUT2D eigenvalue weighted by molar-refractivity contribution is 0.0925. The maximum Gasteiger partial charge on any atom is 0.330 e. The first-order valence-corrected chi connectivity index (χ1v) is 10.2. The number of hydrogen-bond donors (Lipinski definition) is 2. The Morgan fingerprint density at radius 2 is 1.94 bits per heavy atom. The van der Waals surface area contributed by atoms with E-state index in [1.165, 1.54) is 10.9 Å². The van der Waals surface area contributed by atoms with Crippen LogP contribution < -0.4 is 21.9 Å². The highest BCUT2D eigenvalue weighted by Crippen LogP contribution is 2.35. The minimum absolute atomic E-state index is 0.0279. The number of ketones is 1. The second kappa shape index (κ2) is 7.30. The van der Waals surface area contributed by atoms with Gasteiger partial charge in [-0.1, -0.05) is 0 Å². The Balaban J connectivity index is 1.30. The number of piperazine rings is 1. The van der Waals surface area contributed by atoms with Crippen LogP contribution in [0, 0.1) is 0 Å². The van der Waals surface area contributed by atoms with E-state index in [1.807, 2.05) is 11.9 Å². The normalized spacial score (nSPS) is 17.4. The van der Waals surface area contributed by atoms with E-state index in [9.17, 15) is 14.4 Å². The molecule has 0 aromatic carbocycles. The quantitative estimate of drug-likeness (QED) is 0.498. The fourth-order valence-electron chi connectivity index (χ4n) is 4.13. The standard InChI is InChI=1S/C19H23N9O3/c1-25-16-12(8-23-25)17(22-10-21-16)27-6-4-26(5-7-27)9-13(29)14-15(20)28(11-2-3-11)19(31)24-18(14)30/h8,10-11H,2-7,9,20H2,1H3,(H,24,30,31). The van der Waals surface area contributed by atoms with E-state index in [0.29, 0.717) is 26.2 Å². The van der Waals surface area contributed by atoms with Crippen LogP contribution >= 0.6 is 0 Å². The smallest absolute Gasteiger partial charge is 0.330 e. The third kappa shape index (κ3) is 3.38. The van der Waals surface area contributed by atoms with Crippen LogP contribution in [-0.2, 0) is 7.05 Å². The van der Waals surface area contributed by atoms with Crippen molar-refractivity contribution < 1.29 is 4.79 Å². The zero-order valence-electron chi connectivity index (χ0n) is 17.1. The van der Waals surface area contributed by atoms with Gasteiger partial charge < -0.3 is 10.6 Å². The molecule has 5 rings (SSSR count). The number of aromatic amines is 1. The molecular formula is C19H23N9O3. The van der Waals surface area contributed by atoms with Gasteiger partial charge in [0.05, 0.1) is 18.1 Å². The molecule has 1 saturated carbocycles. The Kier molecular flexibility index (Phi) is 4.58. The number of nitrogens with zero attached hydrogens (tertiary/aromatic N) is 7. The number of carbonyl (C=O) groups excluding carboxylic acids is 1. The van der Waals surface area contributed by atoms with Crippen molar-refractivity contribution in [1.29, 1.82) is 0 Å². The van der Waals surface area contributed by atoms with Gasteiger partial charge in [-0.2, -0.15) is 5.10 Å². The number of nitrogens with two attached hydrogens (primary N) is 1. The molecule has 12 nitrogen and oxygen atoms in total. The van der Waals surface area contributed by atoms with Crippen molar-refractivity contribution in [3.8, 4) is 0 Å². The molecule has 3 N–H and O–H groups in total. The second-order valence-corrected chi connectivity index (χ2v) is 8.01. The van der Waals surface area contributed by atoms with Crippen molar-refractivity contribution in [3.63, 3.8) is 0 Å². The molecule has 4 heterocycles. The number of carbonyl (C=O) groups is 1. The number of Topliss-reactive ketones (excluding diaryl/α,β-unsaturated/α-hetero) is 1. The predicted octanol–water partition coefficient (Wildman–Crippen LogP) is -0.865. The molecular weight excluding hydrogens is 402 g/mol. The number of anilines is 2. The predicted molar refractivity (Wildman–Crippen MR) is 113 cm³/mol. The van der Waals surface area contributed by atoms with Gasteiger partial charge >= 0.3 is 5.69 Å². The van der Waals surface area contributed by atoms with Gasteiger partial charge in [-0.25, -0.2) is 14.8 Å². The van der Waals surface area contributed by atoms with E-state index in [4.69, 9.17) is 5.73 Å². The molecule has 162 valence electrons. The number of nitrogen functional groups attached to an aromatic ring is 1. The SMILES string of the molecule is Cn1ncc2c(N3CCN(CC(=O)c4c(N)n(C5CC5)c(=O)[nH]c4=O)CC3)ncnc21. The molecule has 0 amide bonds. The fourth-order valence-corrected chi connectivity index (χ4v) is 4.13. The maximum atomic E-state index is 12.9. The summed E-state index contributed by atoms with van der Waals surface area (Å²) in [4.78, 5) is 52.3. The minimum atomic E-state index is -0.719. The highest BCUT2D eigenvalue weighted by molar-refractivity contribution is 6.01. The molecule has 2 aliphatic rings. The Labute approximate surface area is 176 Å². The Morgan fingerprint density at radius 3 is 2.65 bits per heavy atom. The van der Waals surface area contributed by atoms with E-state index < -0.39 is 11.2 Å². The van der Waals surface area contributed by atoms with Crippen LogP contribution in [0.25, 0.3) is 11.0 Å². The molecule has 31 heavy (non-hydrogen) atoms. The average Bonchev–Trinajstić information content (AvgIpc) is 3.50. The van der Waals surface area contributed by atoms with Crippen molar-refractivity contribution >= 4 is 28.5 Å². The van der Waals surface area contributed by atoms with Crippen LogP contribution in [0.15, 0.2) is 22.1 Å². The third-order valence-corrected chi connectivity index (χ3v) is 5.92. The van der Waals surface area contributed by atoms with Crippen LogP contribution in [0.4, 0.5) is 11.6 Å². The monoisotopic (exact) mass is 425 g/mol. The molecule has 0 bridgehead atoms. The van der Waals surface area contributed by atoms with Crippen LogP contribution in [0.1, 0.15) is 29.2 Å². The number of rotatable bonds is 5.